The van der Waals surface area contributed by atoms with Crippen molar-refractivity contribution in [2.45, 2.75) is 64.4 Å². The molecule has 0 spiro atoms. The summed E-state index contributed by atoms with van der Waals surface area (Å²) in [6.07, 6.45) is -3.56. The van der Waals surface area contributed by atoms with Gasteiger partial charge in [0, 0.05) is 12.6 Å². The molecule has 0 radical (unpaired) electrons. The molecule has 0 saturated heterocycles. The van der Waals surface area contributed by atoms with Crippen LogP contribution in [0.3, 0.4) is 0 Å². The maximum Gasteiger partial charge on any atom is 0.416 e. The quantitative estimate of drug-likeness (QED) is 0.323. The highest BCUT2D eigenvalue weighted by molar-refractivity contribution is 6.07. The second kappa shape index (κ2) is 12.4. The standard InChI is InChI=1S/C21H31F3N4O4/c1-4-6-17(29)16(10-26-12(3)5-2)28-18(30)11-27-20(32)15-9-13(21(22,23)24)7-8-14(15)19(25)31/h7-9,12,16-17,26,29H,4-6,10-11H2,1-3H3,(H2,25,31)(H,27,32)(H,28,30). The molecule has 1 aromatic rings. The van der Waals surface area contributed by atoms with E-state index in [0.29, 0.717) is 31.5 Å². The highest BCUT2D eigenvalue weighted by atomic mass is 19.4. The van der Waals surface area contributed by atoms with Gasteiger partial charge in [-0.2, -0.15) is 13.2 Å². The number of nitrogens with two attached hydrogens (primary N) is 1. The number of halogens is 3. The number of amides is 3. The number of aliphatic hydroxyl groups is 1. The number of nitrogens with one attached hydrogen (secondary N) is 3. The first kappa shape index (κ1) is 27.4. The van der Waals surface area contributed by atoms with Gasteiger partial charge in [0.25, 0.3) is 5.91 Å². The molecule has 180 valence electrons. The van der Waals surface area contributed by atoms with E-state index in [4.69, 9.17) is 5.73 Å². The Morgan fingerprint density at radius 2 is 1.81 bits per heavy atom. The predicted molar refractivity (Wildman–Crippen MR) is 113 cm³/mol. The minimum absolute atomic E-state index is 0.163. The van der Waals surface area contributed by atoms with Crippen LogP contribution in [0.1, 0.15) is 66.3 Å². The molecule has 0 aliphatic heterocycles. The van der Waals surface area contributed by atoms with Crippen molar-refractivity contribution in [1.29, 1.82) is 0 Å². The molecule has 0 heterocycles. The maximum absolute atomic E-state index is 13.0. The molecule has 6 N–H and O–H groups in total. The van der Waals surface area contributed by atoms with E-state index < -0.39 is 59.3 Å². The molecule has 3 atom stereocenters. The Morgan fingerprint density at radius 3 is 2.34 bits per heavy atom. The van der Waals surface area contributed by atoms with Crippen molar-refractivity contribution in [3.05, 3.63) is 34.9 Å². The van der Waals surface area contributed by atoms with E-state index in [2.05, 4.69) is 16.0 Å². The summed E-state index contributed by atoms with van der Waals surface area (Å²) in [5.74, 6) is -2.77. The topological polar surface area (TPSA) is 134 Å². The van der Waals surface area contributed by atoms with E-state index in [9.17, 15) is 32.7 Å². The summed E-state index contributed by atoms with van der Waals surface area (Å²) in [7, 11) is 0. The number of hydrogen-bond donors (Lipinski definition) is 5. The third kappa shape index (κ3) is 8.46. The van der Waals surface area contributed by atoms with Crippen LogP contribution in [-0.4, -0.2) is 54.1 Å². The van der Waals surface area contributed by atoms with Gasteiger partial charge in [-0.1, -0.05) is 20.3 Å². The van der Waals surface area contributed by atoms with Gasteiger partial charge >= 0.3 is 6.18 Å². The number of carbonyl (C=O) groups is 3. The van der Waals surface area contributed by atoms with Crippen molar-refractivity contribution in [3.8, 4) is 0 Å². The molecular formula is C21H31F3N4O4. The Balaban J connectivity index is 2.87. The van der Waals surface area contributed by atoms with Crippen molar-refractivity contribution in [3.63, 3.8) is 0 Å². The molecule has 32 heavy (non-hydrogen) atoms. The minimum atomic E-state index is -4.73. The van der Waals surface area contributed by atoms with Crippen LogP contribution < -0.4 is 21.7 Å². The molecular weight excluding hydrogens is 429 g/mol. The zero-order chi connectivity index (χ0) is 24.5. The van der Waals surface area contributed by atoms with Crippen LogP contribution in [0, 0.1) is 0 Å². The number of hydrogen-bond acceptors (Lipinski definition) is 5. The first-order chi connectivity index (χ1) is 14.9. The molecule has 0 aliphatic rings. The summed E-state index contributed by atoms with van der Waals surface area (Å²) < 4.78 is 38.9. The third-order valence-electron chi connectivity index (χ3n) is 4.96. The minimum Gasteiger partial charge on any atom is -0.391 e. The predicted octanol–water partition coefficient (Wildman–Crippen LogP) is 1.57. The van der Waals surface area contributed by atoms with Gasteiger partial charge in [0.2, 0.25) is 11.8 Å². The van der Waals surface area contributed by atoms with Crippen LogP contribution in [-0.2, 0) is 11.0 Å². The molecule has 0 aliphatic carbocycles. The number of carbonyl (C=O) groups excluding carboxylic acids is 3. The Kier molecular flexibility index (Phi) is 10.6. The molecule has 11 heteroatoms. The third-order valence-corrected chi connectivity index (χ3v) is 4.96. The van der Waals surface area contributed by atoms with E-state index >= 15 is 0 Å². The first-order valence-corrected chi connectivity index (χ1v) is 10.4. The van der Waals surface area contributed by atoms with Crippen molar-refractivity contribution < 1.29 is 32.7 Å². The lowest BCUT2D eigenvalue weighted by Crippen LogP contribution is -2.52. The largest absolute Gasteiger partial charge is 0.416 e. The normalized spacial score (nSPS) is 14.3. The molecule has 3 amide bonds. The molecule has 3 unspecified atom stereocenters. The highest BCUT2D eigenvalue weighted by Crippen LogP contribution is 2.30. The zero-order valence-corrected chi connectivity index (χ0v) is 18.4. The lowest BCUT2D eigenvalue weighted by atomic mass is 10.0. The fourth-order valence-corrected chi connectivity index (χ4v) is 2.89. The second-order valence-electron chi connectivity index (χ2n) is 7.55. The van der Waals surface area contributed by atoms with Gasteiger partial charge in [-0.3, -0.25) is 14.4 Å². The summed E-state index contributed by atoms with van der Waals surface area (Å²) >= 11 is 0. The lowest BCUT2D eigenvalue weighted by molar-refractivity contribution is -0.137. The summed E-state index contributed by atoms with van der Waals surface area (Å²) in [4.78, 5) is 36.2. The molecule has 0 fully saturated rings. The fraction of sp³-hybridized carbons (Fsp3) is 0.571. The molecule has 0 aromatic heterocycles. The summed E-state index contributed by atoms with van der Waals surface area (Å²) in [5.41, 5.74) is 3.04. The average molecular weight is 460 g/mol. The monoisotopic (exact) mass is 460 g/mol. The molecule has 1 rings (SSSR count). The second-order valence-corrected chi connectivity index (χ2v) is 7.55. The first-order valence-electron chi connectivity index (χ1n) is 10.4. The molecule has 0 bridgehead atoms. The number of aliphatic hydroxyl groups excluding tert-OH is 1. The lowest BCUT2D eigenvalue weighted by Gasteiger charge is -2.26. The van der Waals surface area contributed by atoms with E-state index in [1.54, 1.807) is 0 Å². The molecule has 0 saturated carbocycles. The number of primary amides is 1. The van der Waals surface area contributed by atoms with E-state index in [-0.39, 0.29) is 6.04 Å². The van der Waals surface area contributed by atoms with Gasteiger partial charge in [0.1, 0.15) is 0 Å². The zero-order valence-electron chi connectivity index (χ0n) is 18.4. The van der Waals surface area contributed by atoms with Crippen LogP contribution in [0.2, 0.25) is 0 Å². The van der Waals surface area contributed by atoms with Crippen LogP contribution in [0.5, 0.6) is 0 Å². The summed E-state index contributed by atoms with van der Waals surface area (Å²) in [5, 5.41) is 18.3. The SMILES string of the molecule is CCCC(O)C(CNC(C)CC)NC(=O)CNC(=O)c1cc(C(F)(F)F)ccc1C(N)=O. The van der Waals surface area contributed by atoms with E-state index in [1.807, 2.05) is 20.8 Å². The summed E-state index contributed by atoms with van der Waals surface area (Å²) in [6, 6.07) is 1.52. The average Bonchev–Trinajstić information content (AvgIpc) is 2.73. The van der Waals surface area contributed by atoms with Gasteiger partial charge < -0.3 is 26.8 Å². The van der Waals surface area contributed by atoms with Crippen molar-refractivity contribution in [2.24, 2.45) is 5.73 Å². The Hall–Kier alpha value is -2.66. The van der Waals surface area contributed by atoms with Crippen molar-refractivity contribution >= 4 is 17.7 Å². The molecule has 8 nitrogen and oxygen atoms in total. The number of benzene rings is 1. The Morgan fingerprint density at radius 1 is 1.16 bits per heavy atom. The maximum atomic E-state index is 13.0. The summed E-state index contributed by atoms with van der Waals surface area (Å²) in [6.45, 7) is 5.56. The van der Waals surface area contributed by atoms with Gasteiger partial charge in [-0.25, -0.2) is 0 Å². The van der Waals surface area contributed by atoms with Crippen molar-refractivity contribution in [1.82, 2.24) is 16.0 Å². The van der Waals surface area contributed by atoms with E-state index in [1.165, 1.54) is 0 Å². The number of rotatable bonds is 12. The van der Waals surface area contributed by atoms with Gasteiger partial charge in [0.05, 0.1) is 35.4 Å². The fourth-order valence-electron chi connectivity index (χ4n) is 2.89. The van der Waals surface area contributed by atoms with Crippen LogP contribution >= 0.6 is 0 Å². The Labute approximate surface area is 185 Å². The van der Waals surface area contributed by atoms with Crippen LogP contribution in [0.25, 0.3) is 0 Å². The van der Waals surface area contributed by atoms with Gasteiger partial charge in [-0.05, 0) is 38.0 Å². The molecule has 1 aromatic carbocycles. The Bertz CT molecular complexity index is 802. The highest BCUT2D eigenvalue weighted by Gasteiger charge is 2.32. The smallest absolute Gasteiger partial charge is 0.391 e. The van der Waals surface area contributed by atoms with Gasteiger partial charge in [0.15, 0.2) is 0 Å². The van der Waals surface area contributed by atoms with Gasteiger partial charge in [-0.15, -0.1) is 0 Å². The van der Waals surface area contributed by atoms with E-state index in [0.717, 1.165) is 12.5 Å². The van der Waals surface area contributed by atoms with Crippen LogP contribution in [0.15, 0.2) is 18.2 Å². The van der Waals surface area contributed by atoms with Crippen LogP contribution in [0.4, 0.5) is 13.2 Å². The number of alkyl halides is 3. The van der Waals surface area contributed by atoms with Crippen molar-refractivity contribution in [2.75, 3.05) is 13.1 Å².